The molecule has 2 N–H and O–H groups in total. The Bertz CT molecular complexity index is 345. The van der Waals surface area contributed by atoms with Crippen molar-refractivity contribution in [3.05, 3.63) is 29.8 Å². The molecule has 4 nitrogen and oxygen atoms in total. The first-order valence-electron chi connectivity index (χ1n) is 5.67. The molecular weight excluding hydrogens is 220 g/mol. The second kappa shape index (κ2) is 6.91. The van der Waals surface area contributed by atoms with Crippen LogP contribution in [0, 0.1) is 0 Å². The number of aliphatic carboxylic acids is 1. The first-order chi connectivity index (χ1) is 8.13. The monoisotopic (exact) mass is 238 g/mol. The minimum absolute atomic E-state index is 0.162. The number of methoxy groups -OCH3 is 1. The Kier molecular flexibility index (Phi) is 5.49. The van der Waals surface area contributed by atoms with E-state index in [1.807, 2.05) is 12.1 Å². The molecule has 0 saturated heterocycles. The van der Waals surface area contributed by atoms with Gasteiger partial charge in [0.2, 0.25) is 0 Å². The molecule has 0 aliphatic rings. The number of ether oxygens (including phenoxy) is 1. The lowest BCUT2D eigenvalue weighted by Crippen LogP contribution is -1.99. The number of rotatable bonds is 7. The Hall–Kier alpha value is -1.55. The van der Waals surface area contributed by atoms with Gasteiger partial charge in [0.25, 0.3) is 0 Å². The highest BCUT2D eigenvalue weighted by atomic mass is 16.5. The van der Waals surface area contributed by atoms with Crippen LogP contribution in [0.5, 0.6) is 5.75 Å². The van der Waals surface area contributed by atoms with Crippen molar-refractivity contribution in [1.82, 2.24) is 0 Å². The number of hydrogen-bond donors (Lipinski definition) is 2. The summed E-state index contributed by atoms with van der Waals surface area (Å²) in [5, 5.41) is 18.3. The smallest absolute Gasteiger partial charge is 0.303 e. The molecule has 0 bridgehead atoms. The first kappa shape index (κ1) is 13.5. The van der Waals surface area contributed by atoms with Gasteiger partial charge in [-0.1, -0.05) is 12.1 Å². The van der Waals surface area contributed by atoms with Crippen LogP contribution in [0.3, 0.4) is 0 Å². The van der Waals surface area contributed by atoms with E-state index < -0.39 is 12.1 Å². The van der Waals surface area contributed by atoms with Crippen LogP contribution in [0.25, 0.3) is 0 Å². The number of benzene rings is 1. The predicted molar refractivity (Wildman–Crippen MR) is 64.1 cm³/mol. The third-order valence-corrected chi connectivity index (χ3v) is 2.62. The molecule has 0 aliphatic carbocycles. The van der Waals surface area contributed by atoms with Crippen LogP contribution in [-0.4, -0.2) is 23.3 Å². The molecule has 1 atom stereocenters. The molecule has 0 spiro atoms. The number of aliphatic hydroxyl groups is 1. The fourth-order valence-electron chi connectivity index (χ4n) is 1.61. The molecule has 1 aromatic carbocycles. The summed E-state index contributed by atoms with van der Waals surface area (Å²) in [6.07, 6.45) is 1.52. The number of carbonyl (C=O) groups is 1. The van der Waals surface area contributed by atoms with E-state index in [1.165, 1.54) is 0 Å². The van der Waals surface area contributed by atoms with Gasteiger partial charge in [0.15, 0.2) is 0 Å². The summed E-state index contributed by atoms with van der Waals surface area (Å²) in [5.41, 5.74) is 0.834. The van der Waals surface area contributed by atoms with Crippen LogP contribution in [-0.2, 0) is 4.79 Å². The fourth-order valence-corrected chi connectivity index (χ4v) is 1.61. The lowest BCUT2D eigenvalue weighted by Gasteiger charge is -2.11. The molecule has 1 aromatic rings. The summed E-state index contributed by atoms with van der Waals surface area (Å²) in [6, 6.07) is 7.24. The van der Waals surface area contributed by atoms with Crippen LogP contribution >= 0.6 is 0 Å². The summed E-state index contributed by atoms with van der Waals surface area (Å²) in [4.78, 5) is 10.3. The van der Waals surface area contributed by atoms with Crippen molar-refractivity contribution in [2.75, 3.05) is 7.11 Å². The second-order valence-corrected chi connectivity index (χ2v) is 3.93. The minimum Gasteiger partial charge on any atom is -0.497 e. The maximum Gasteiger partial charge on any atom is 0.303 e. The number of carboxylic acids is 1. The molecule has 1 rings (SSSR count). The molecule has 0 saturated carbocycles. The molecule has 1 unspecified atom stereocenters. The van der Waals surface area contributed by atoms with Gasteiger partial charge in [0, 0.05) is 6.42 Å². The van der Waals surface area contributed by atoms with Crippen molar-refractivity contribution in [1.29, 1.82) is 0 Å². The Morgan fingerprint density at radius 1 is 1.29 bits per heavy atom. The van der Waals surface area contributed by atoms with E-state index in [0.29, 0.717) is 19.3 Å². The molecule has 0 heterocycles. The van der Waals surface area contributed by atoms with Crippen molar-refractivity contribution in [2.24, 2.45) is 0 Å². The number of unbranched alkanes of at least 4 members (excludes halogenated alkanes) is 1. The van der Waals surface area contributed by atoms with Gasteiger partial charge in [-0.25, -0.2) is 0 Å². The van der Waals surface area contributed by atoms with E-state index in [9.17, 15) is 9.90 Å². The van der Waals surface area contributed by atoms with Crippen LogP contribution in [0.4, 0.5) is 0 Å². The average molecular weight is 238 g/mol. The van der Waals surface area contributed by atoms with Crippen molar-refractivity contribution in [3.8, 4) is 5.75 Å². The first-order valence-corrected chi connectivity index (χ1v) is 5.67. The second-order valence-electron chi connectivity index (χ2n) is 3.93. The van der Waals surface area contributed by atoms with E-state index >= 15 is 0 Å². The van der Waals surface area contributed by atoms with Crippen molar-refractivity contribution in [3.63, 3.8) is 0 Å². The maximum absolute atomic E-state index is 10.3. The summed E-state index contributed by atoms with van der Waals surface area (Å²) >= 11 is 0. The maximum atomic E-state index is 10.3. The highest BCUT2D eigenvalue weighted by molar-refractivity contribution is 5.66. The molecule has 0 radical (unpaired) electrons. The van der Waals surface area contributed by atoms with E-state index in [1.54, 1.807) is 19.2 Å². The topological polar surface area (TPSA) is 66.8 Å². The Labute approximate surface area is 101 Å². The van der Waals surface area contributed by atoms with E-state index in [-0.39, 0.29) is 6.42 Å². The molecule has 0 fully saturated rings. The molecule has 0 amide bonds. The highest BCUT2D eigenvalue weighted by Gasteiger charge is 2.07. The van der Waals surface area contributed by atoms with E-state index in [4.69, 9.17) is 9.84 Å². The summed E-state index contributed by atoms with van der Waals surface area (Å²) < 4.78 is 5.03. The van der Waals surface area contributed by atoms with Gasteiger partial charge < -0.3 is 14.9 Å². The van der Waals surface area contributed by atoms with Gasteiger partial charge in [0.05, 0.1) is 13.2 Å². The zero-order valence-electron chi connectivity index (χ0n) is 9.93. The van der Waals surface area contributed by atoms with E-state index in [0.717, 1.165) is 11.3 Å². The molecule has 94 valence electrons. The Balaban J connectivity index is 2.35. The number of hydrogen-bond acceptors (Lipinski definition) is 3. The molecular formula is C13H18O4. The normalized spacial score (nSPS) is 12.1. The summed E-state index contributed by atoms with van der Waals surface area (Å²) in [6.45, 7) is 0. The standard InChI is InChI=1S/C13H18O4/c1-17-11-8-6-10(7-9-11)12(14)4-2-3-5-13(15)16/h6-9,12,14H,2-5H2,1H3,(H,15,16). The minimum atomic E-state index is -0.788. The van der Waals surface area contributed by atoms with Gasteiger partial charge in [-0.15, -0.1) is 0 Å². The molecule has 0 aliphatic heterocycles. The van der Waals surface area contributed by atoms with Crippen molar-refractivity contribution < 1.29 is 19.7 Å². The summed E-state index contributed by atoms with van der Waals surface area (Å²) in [7, 11) is 1.59. The van der Waals surface area contributed by atoms with Gasteiger partial charge in [-0.3, -0.25) is 4.79 Å². The third-order valence-electron chi connectivity index (χ3n) is 2.62. The summed E-state index contributed by atoms with van der Waals surface area (Å²) in [5.74, 6) is -0.0317. The molecule has 17 heavy (non-hydrogen) atoms. The van der Waals surface area contributed by atoms with Crippen molar-refractivity contribution in [2.45, 2.75) is 31.8 Å². The Morgan fingerprint density at radius 2 is 1.94 bits per heavy atom. The largest absolute Gasteiger partial charge is 0.497 e. The lowest BCUT2D eigenvalue weighted by atomic mass is 10.0. The van der Waals surface area contributed by atoms with Gasteiger partial charge in [-0.05, 0) is 37.0 Å². The van der Waals surface area contributed by atoms with Crippen LogP contribution in [0.2, 0.25) is 0 Å². The van der Waals surface area contributed by atoms with Crippen LogP contribution < -0.4 is 4.74 Å². The quantitative estimate of drug-likeness (QED) is 0.716. The predicted octanol–water partition coefficient (Wildman–Crippen LogP) is 2.37. The zero-order valence-corrected chi connectivity index (χ0v) is 9.93. The zero-order chi connectivity index (χ0) is 12.7. The molecule has 4 heteroatoms. The number of carboxylic acid groups (broad SMARTS) is 1. The van der Waals surface area contributed by atoms with Gasteiger partial charge in [-0.2, -0.15) is 0 Å². The SMILES string of the molecule is COc1ccc(C(O)CCCCC(=O)O)cc1. The van der Waals surface area contributed by atoms with Crippen LogP contribution in [0.1, 0.15) is 37.4 Å². The third kappa shape index (κ3) is 4.87. The average Bonchev–Trinajstić information content (AvgIpc) is 2.34. The Morgan fingerprint density at radius 3 is 2.47 bits per heavy atom. The highest BCUT2D eigenvalue weighted by Crippen LogP contribution is 2.22. The van der Waals surface area contributed by atoms with Crippen LogP contribution in [0.15, 0.2) is 24.3 Å². The fraction of sp³-hybridized carbons (Fsp3) is 0.462. The van der Waals surface area contributed by atoms with E-state index in [2.05, 4.69) is 0 Å². The van der Waals surface area contributed by atoms with Gasteiger partial charge >= 0.3 is 5.97 Å². The van der Waals surface area contributed by atoms with Gasteiger partial charge in [0.1, 0.15) is 5.75 Å². The molecule has 0 aromatic heterocycles. The lowest BCUT2D eigenvalue weighted by molar-refractivity contribution is -0.137. The number of aliphatic hydroxyl groups excluding tert-OH is 1. The van der Waals surface area contributed by atoms with Crippen molar-refractivity contribution >= 4 is 5.97 Å².